The molecule has 0 saturated carbocycles. The van der Waals surface area contributed by atoms with Crippen molar-refractivity contribution in [2.24, 2.45) is 0 Å². The third-order valence-electron chi connectivity index (χ3n) is 4.03. The third kappa shape index (κ3) is 2.99. The molecule has 26 heavy (non-hydrogen) atoms. The maximum absolute atomic E-state index is 12.3. The van der Waals surface area contributed by atoms with Gasteiger partial charge in [0.25, 0.3) is 0 Å². The van der Waals surface area contributed by atoms with Gasteiger partial charge in [-0.2, -0.15) is 0 Å². The smallest absolute Gasteiger partial charge is 0.361 e. The summed E-state index contributed by atoms with van der Waals surface area (Å²) >= 11 is 0. The Morgan fingerprint density at radius 3 is 2.77 bits per heavy atom. The number of rotatable bonds is 5. The lowest BCUT2D eigenvalue weighted by Crippen LogP contribution is -2.09. The van der Waals surface area contributed by atoms with Gasteiger partial charge < -0.3 is 14.2 Å². The minimum atomic E-state index is -0.500. The second kappa shape index (κ2) is 6.87. The molecule has 1 aromatic heterocycles. The summed E-state index contributed by atoms with van der Waals surface area (Å²) in [5.41, 5.74) is 2.58. The van der Waals surface area contributed by atoms with E-state index < -0.39 is 5.97 Å². The van der Waals surface area contributed by atoms with E-state index in [0.717, 1.165) is 11.1 Å². The quantitative estimate of drug-likeness (QED) is 0.658. The maximum atomic E-state index is 12.3. The van der Waals surface area contributed by atoms with Crippen molar-refractivity contribution in [3.8, 4) is 22.8 Å². The van der Waals surface area contributed by atoms with Gasteiger partial charge in [-0.3, -0.25) is 0 Å². The predicted octanol–water partition coefficient (Wildman–Crippen LogP) is 2.90. The standard InChI is InChI=1S/C19H17N3O4/c1-2-24-19(23)17-18(14-8-9-15-16(10-14)26-12-25-15)22(21-20-17)11-13-6-4-3-5-7-13/h3-10H,2,11-12H2,1H3. The van der Waals surface area contributed by atoms with Crippen LogP contribution in [0.4, 0.5) is 0 Å². The number of esters is 1. The maximum Gasteiger partial charge on any atom is 0.361 e. The van der Waals surface area contributed by atoms with Crippen molar-refractivity contribution in [1.82, 2.24) is 15.0 Å². The van der Waals surface area contributed by atoms with Crippen LogP contribution in [0.15, 0.2) is 48.5 Å². The van der Waals surface area contributed by atoms with Gasteiger partial charge in [0, 0.05) is 5.56 Å². The van der Waals surface area contributed by atoms with Crippen LogP contribution in [0.3, 0.4) is 0 Å². The van der Waals surface area contributed by atoms with E-state index in [1.165, 1.54) is 0 Å². The Balaban J connectivity index is 1.79. The van der Waals surface area contributed by atoms with Crippen molar-refractivity contribution in [1.29, 1.82) is 0 Å². The summed E-state index contributed by atoms with van der Waals surface area (Å²) < 4.78 is 17.6. The molecular weight excluding hydrogens is 334 g/mol. The second-order valence-corrected chi connectivity index (χ2v) is 5.72. The Morgan fingerprint density at radius 1 is 1.15 bits per heavy atom. The molecule has 0 spiro atoms. The lowest BCUT2D eigenvalue weighted by atomic mass is 10.1. The van der Waals surface area contributed by atoms with Crippen molar-refractivity contribution in [3.05, 3.63) is 59.8 Å². The Kier molecular flexibility index (Phi) is 4.27. The summed E-state index contributed by atoms with van der Waals surface area (Å²) in [6.45, 7) is 2.69. The van der Waals surface area contributed by atoms with Gasteiger partial charge in [0.2, 0.25) is 6.79 Å². The van der Waals surface area contributed by atoms with Crippen LogP contribution in [0.2, 0.25) is 0 Å². The van der Waals surface area contributed by atoms with E-state index in [4.69, 9.17) is 14.2 Å². The van der Waals surface area contributed by atoms with Crippen LogP contribution in [0, 0.1) is 0 Å². The molecule has 3 aromatic rings. The van der Waals surface area contributed by atoms with E-state index in [9.17, 15) is 4.79 Å². The lowest BCUT2D eigenvalue weighted by molar-refractivity contribution is 0.0520. The molecule has 132 valence electrons. The summed E-state index contributed by atoms with van der Waals surface area (Å²) in [6.07, 6.45) is 0. The average Bonchev–Trinajstić information content (AvgIpc) is 3.29. The SMILES string of the molecule is CCOC(=O)c1nnn(Cc2ccccc2)c1-c1ccc2c(c1)OCO2. The number of carbonyl (C=O) groups is 1. The van der Waals surface area contributed by atoms with Gasteiger partial charge in [0.05, 0.1) is 13.2 Å². The van der Waals surface area contributed by atoms with Crippen molar-refractivity contribution in [3.63, 3.8) is 0 Å². The van der Waals surface area contributed by atoms with Crippen LogP contribution in [-0.2, 0) is 11.3 Å². The monoisotopic (exact) mass is 351 g/mol. The zero-order chi connectivity index (χ0) is 17.9. The minimum absolute atomic E-state index is 0.182. The highest BCUT2D eigenvalue weighted by Gasteiger charge is 2.24. The summed E-state index contributed by atoms with van der Waals surface area (Å²) in [5, 5.41) is 8.25. The fourth-order valence-corrected chi connectivity index (χ4v) is 2.85. The number of aromatic nitrogens is 3. The fourth-order valence-electron chi connectivity index (χ4n) is 2.85. The van der Waals surface area contributed by atoms with E-state index in [0.29, 0.717) is 23.7 Å². The molecular formula is C19H17N3O4. The van der Waals surface area contributed by atoms with Crippen molar-refractivity contribution in [2.45, 2.75) is 13.5 Å². The highest BCUT2D eigenvalue weighted by Crippen LogP contribution is 2.36. The lowest BCUT2D eigenvalue weighted by Gasteiger charge is -2.09. The van der Waals surface area contributed by atoms with Gasteiger partial charge in [0.1, 0.15) is 5.69 Å². The van der Waals surface area contributed by atoms with Gasteiger partial charge in [-0.1, -0.05) is 35.5 Å². The van der Waals surface area contributed by atoms with Gasteiger partial charge in [-0.05, 0) is 30.7 Å². The molecule has 0 unspecified atom stereocenters. The van der Waals surface area contributed by atoms with Gasteiger partial charge in [-0.25, -0.2) is 9.48 Å². The molecule has 0 bridgehead atoms. The molecule has 0 radical (unpaired) electrons. The summed E-state index contributed by atoms with van der Waals surface area (Å²) in [4.78, 5) is 12.3. The zero-order valence-corrected chi connectivity index (χ0v) is 14.2. The van der Waals surface area contributed by atoms with Crippen molar-refractivity contribution in [2.75, 3.05) is 13.4 Å². The van der Waals surface area contributed by atoms with Crippen LogP contribution >= 0.6 is 0 Å². The number of nitrogens with zero attached hydrogens (tertiary/aromatic N) is 3. The largest absolute Gasteiger partial charge is 0.461 e. The Bertz CT molecular complexity index is 937. The molecule has 1 aliphatic heterocycles. The molecule has 7 heteroatoms. The van der Waals surface area contributed by atoms with Crippen LogP contribution in [0.5, 0.6) is 11.5 Å². The number of hydrogen-bond acceptors (Lipinski definition) is 6. The molecule has 0 amide bonds. The zero-order valence-electron chi connectivity index (χ0n) is 14.2. The fraction of sp³-hybridized carbons (Fsp3) is 0.211. The van der Waals surface area contributed by atoms with Crippen LogP contribution in [0.1, 0.15) is 23.0 Å². The predicted molar refractivity (Wildman–Crippen MR) is 93.1 cm³/mol. The van der Waals surface area contributed by atoms with E-state index >= 15 is 0 Å². The molecule has 0 aliphatic carbocycles. The second-order valence-electron chi connectivity index (χ2n) is 5.72. The topological polar surface area (TPSA) is 75.5 Å². The van der Waals surface area contributed by atoms with E-state index in [1.54, 1.807) is 11.6 Å². The Hall–Kier alpha value is -3.35. The molecule has 7 nitrogen and oxygen atoms in total. The highest BCUT2D eigenvalue weighted by atomic mass is 16.7. The van der Waals surface area contributed by atoms with E-state index in [-0.39, 0.29) is 19.1 Å². The van der Waals surface area contributed by atoms with Crippen LogP contribution < -0.4 is 9.47 Å². The van der Waals surface area contributed by atoms with E-state index in [1.807, 2.05) is 48.5 Å². The first kappa shape index (κ1) is 16.1. The number of hydrogen-bond donors (Lipinski definition) is 0. The van der Waals surface area contributed by atoms with E-state index in [2.05, 4.69) is 10.3 Å². The summed E-state index contributed by atoms with van der Waals surface area (Å²) in [6, 6.07) is 15.4. The normalized spacial score (nSPS) is 12.2. The molecule has 0 N–H and O–H groups in total. The minimum Gasteiger partial charge on any atom is -0.461 e. The molecule has 2 heterocycles. The first-order chi connectivity index (χ1) is 12.8. The number of carbonyl (C=O) groups excluding carboxylic acids is 1. The summed E-state index contributed by atoms with van der Waals surface area (Å²) in [7, 11) is 0. The van der Waals surface area contributed by atoms with Gasteiger partial charge >= 0.3 is 5.97 Å². The molecule has 1 aliphatic rings. The molecule has 0 atom stereocenters. The molecule has 2 aromatic carbocycles. The number of benzene rings is 2. The first-order valence-electron chi connectivity index (χ1n) is 8.31. The Morgan fingerprint density at radius 2 is 1.96 bits per heavy atom. The van der Waals surface area contributed by atoms with Crippen LogP contribution in [-0.4, -0.2) is 34.4 Å². The van der Waals surface area contributed by atoms with Crippen LogP contribution in [0.25, 0.3) is 11.3 Å². The molecule has 0 fully saturated rings. The third-order valence-corrected chi connectivity index (χ3v) is 4.03. The number of fused-ring (bicyclic) bond motifs is 1. The molecule has 4 rings (SSSR count). The first-order valence-corrected chi connectivity index (χ1v) is 8.31. The summed E-state index contributed by atoms with van der Waals surface area (Å²) in [5.74, 6) is 0.803. The molecule has 0 saturated heterocycles. The Labute approximate surface area is 150 Å². The number of ether oxygens (including phenoxy) is 3. The highest BCUT2D eigenvalue weighted by molar-refractivity contribution is 5.94. The van der Waals surface area contributed by atoms with Gasteiger partial charge in [-0.15, -0.1) is 5.10 Å². The average molecular weight is 351 g/mol. The van der Waals surface area contributed by atoms with Crippen molar-refractivity contribution < 1.29 is 19.0 Å². The van der Waals surface area contributed by atoms with Crippen molar-refractivity contribution >= 4 is 5.97 Å². The van der Waals surface area contributed by atoms with Gasteiger partial charge in [0.15, 0.2) is 17.2 Å².